The van der Waals surface area contributed by atoms with E-state index in [4.69, 9.17) is 9.47 Å². The summed E-state index contributed by atoms with van der Waals surface area (Å²) in [6, 6.07) is 0. The van der Waals surface area contributed by atoms with Gasteiger partial charge in [-0.2, -0.15) is 0 Å². The van der Waals surface area contributed by atoms with Crippen molar-refractivity contribution in [1.82, 2.24) is 0 Å². The van der Waals surface area contributed by atoms with E-state index in [1.54, 1.807) is 0 Å². The topological polar surface area (TPSA) is 18.5 Å². The van der Waals surface area contributed by atoms with Crippen LogP contribution in [0.25, 0.3) is 0 Å². The van der Waals surface area contributed by atoms with Crippen LogP contribution < -0.4 is 0 Å². The summed E-state index contributed by atoms with van der Waals surface area (Å²) in [6.07, 6.45) is 0.581. The van der Waals surface area contributed by atoms with Gasteiger partial charge in [-0.1, -0.05) is 0 Å². The van der Waals surface area contributed by atoms with Crippen molar-refractivity contribution >= 4 is 0 Å². The van der Waals surface area contributed by atoms with Gasteiger partial charge in [0, 0.05) is 0 Å². The summed E-state index contributed by atoms with van der Waals surface area (Å²) in [7, 11) is 0. The predicted octanol–water partition coefficient (Wildman–Crippen LogP) is 0.810. The molecule has 0 spiro atoms. The zero-order chi connectivity index (χ0) is 5.98. The smallest absolute Gasteiger partial charge is 0.0785 e. The molecule has 1 fully saturated rings. The summed E-state index contributed by atoms with van der Waals surface area (Å²) < 4.78 is 10.5. The van der Waals surface area contributed by atoms with Crippen molar-refractivity contribution in [3.63, 3.8) is 0 Å². The fourth-order valence-corrected chi connectivity index (χ4v) is 0.875. The van der Waals surface area contributed by atoms with Gasteiger partial charge in [0.25, 0.3) is 0 Å². The Morgan fingerprint density at radius 1 is 1.12 bits per heavy atom. The Labute approximate surface area is 49.8 Å². The van der Waals surface area contributed by atoms with Crippen LogP contribution in [0.5, 0.6) is 0 Å². The molecule has 0 radical (unpaired) electrons. The average molecular weight is 116 g/mol. The zero-order valence-electron chi connectivity index (χ0n) is 5.39. The summed E-state index contributed by atoms with van der Waals surface area (Å²) in [5.41, 5.74) is 0. The molecule has 1 heterocycles. The van der Waals surface area contributed by atoms with Gasteiger partial charge < -0.3 is 9.47 Å². The van der Waals surface area contributed by atoms with Crippen LogP contribution in [0.4, 0.5) is 0 Å². The largest absolute Gasteiger partial charge is 0.376 e. The van der Waals surface area contributed by atoms with E-state index in [2.05, 4.69) is 0 Å². The lowest BCUT2D eigenvalue weighted by Crippen LogP contribution is -2.32. The minimum atomic E-state index is 0.291. The van der Waals surface area contributed by atoms with E-state index in [1.165, 1.54) is 0 Å². The Morgan fingerprint density at radius 2 is 1.62 bits per heavy atom. The number of hydrogen-bond acceptors (Lipinski definition) is 2. The Balaban J connectivity index is 2.23. The molecule has 0 aromatic heterocycles. The van der Waals surface area contributed by atoms with Crippen molar-refractivity contribution in [2.45, 2.75) is 26.1 Å². The Morgan fingerprint density at radius 3 is 1.88 bits per heavy atom. The molecule has 0 amide bonds. The lowest BCUT2D eigenvalue weighted by atomic mass is 10.3. The summed E-state index contributed by atoms with van der Waals surface area (Å²) in [4.78, 5) is 0. The van der Waals surface area contributed by atoms with E-state index in [1.807, 2.05) is 13.8 Å². The lowest BCUT2D eigenvalue weighted by molar-refractivity contribution is -0.122. The third-order valence-corrected chi connectivity index (χ3v) is 1.17. The molecule has 2 nitrogen and oxygen atoms in total. The predicted molar refractivity (Wildman–Crippen MR) is 30.8 cm³/mol. The van der Waals surface area contributed by atoms with Crippen LogP contribution in [0.15, 0.2) is 0 Å². The molecule has 0 unspecified atom stereocenters. The van der Waals surface area contributed by atoms with Crippen LogP contribution in [-0.2, 0) is 9.47 Å². The quantitative estimate of drug-likeness (QED) is 0.466. The molecule has 2 atom stereocenters. The first-order valence-corrected chi connectivity index (χ1v) is 3.02. The Bertz CT molecular complexity index is 64.9. The summed E-state index contributed by atoms with van der Waals surface area (Å²) in [5, 5.41) is 0. The van der Waals surface area contributed by atoms with Crippen molar-refractivity contribution in [2.75, 3.05) is 13.2 Å². The molecule has 0 bridgehead atoms. The molecule has 2 heteroatoms. The van der Waals surface area contributed by atoms with Crippen LogP contribution in [-0.4, -0.2) is 25.4 Å². The van der Waals surface area contributed by atoms with E-state index >= 15 is 0 Å². The van der Waals surface area contributed by atoms with E-state index < -0.39 is 0 Å². The van der Waals surface area contributed by atoms with E-state index in [0.717, 1.165) is 13.2 Å². The molecule has 0 aromatic rings. The lowest BCUT2D eigenvalue weighted by Gasteiger charge is -2.24. The maximum Gasteiger partial charge on any atom is 0.0785 e. The molecule has 0 aliphatic carbocycles. The first kappa shape index (κ1) is 6.05. The van der Waals surface area contributed by atoms with E-state index in [9.17, 15) is 0 Å². The zero-order valence-corrected chi connectivity index (χ0v) is 5.39. The first-order valence-electron chi connectivity index (χ1n) is 3.02. The van der Waals surface area contributed by atoms with Crippen molar-refractivity contribution in [3.05, 3.63) is 0 Å². The minimum absolute atomic E-state index is 0.291. The minimum Gasteiger partial charge on any atom is -0.376 e. The van der Waals surface area contributed by atoms with Crippen LogP contribution >= 0.6 is 0 Å². The molecule has 48 valence electrons. The maximum absolute atomic E-state index is 5.36. The van der Waals surface area contributed by atoms with E-state index in [0.29, 0.717) is 12.2 Å². The average Bonchev–Trinajstić information content (AvgIpc) is 1.64. The molecular formula is C6H12O2. The number of hydrogen-bond donors (Lipinski definition) is 0. The molecule has 0 saturated carbocycles. The molecule has 1 rings (SSSR count). The SMILES string of the molecule is C[C@@H]1COC[C@@H](C)O1. The Hall–Kier alpha value is -0.0800. The molecule has 1 aliphatic heterocycles. The van der Waals surface area contributed by atoms with Gasteiger partial charge in [-0.15, -0.1) is 0 Å². The number of ether oxygens (including phenoxy) is 2. The van der Waals surface area contributed by atoms with Crippen molar-refractivity contribution in [1.29, 1.82) is 0 Å². The van der Waals surface area contributed by atoms with Gasteiger partial charge in [0.05, 0.1) is 25.4 Å². The third-order valence-electron chi connectivity index (χ3n) is 1.17. The van der Waals surface area contributed by atoms with Gasteiger partial charge in [-0.05, 0) is 13.8 Å². The van der Waals surface area contributed by atoms with Gasteiger partial charge in [-0.25, -0.2) is 0 Å². The number of rotatable bonds is 0. The second-order valence-electron chi connectivity index (χ2n) is 2.29. The van der Waals surface area contributed by atoms with Crippen LogP contribution in [0.1, 0.15) is 13.8 Å². The van der Waals surface area contributed by atoms with Crippen molar-refractivity contribution < 1.29 is 9.47 Å². The highest BCUT2D eigenvalue weighted by molar-refractivity contribution is 4.59. The fourth-order valence-electron chi connectivity index (χ4n) is 0.875. The standard InChI is InChI=1S/C6H12O2/c1-5-3-7-4-6(2)8-5/h5-6H,3-4H2,1-2H3/t5-,6-/m1/s1. The second kappa shape index (κ2) is 2.46. The molecular weight excluding hydrogens is 104 g/mol. The highest BCUT2D eigenvalue weighted by atomic mass is 16.6. The van der Waals surface area contributed by atoms with Crippen molar-refractivity contribution in [3.8, 4) is 0 Å². The van der Waals surface area contributed by atoms with Crippen LogP contribution in [0, 0.1) is 0 Å². The van der Waals surface area contributed by atoms with Gasteiger partial charge in [-0.3, -0.25) is 0 Å². The van der Waals surface area contributed by atoms with Crippen LogP contribution in [0.2, 0.25) is 0 Å². The van der Waals surface area contributed by atoms with Gasteiger partial charge in [0.1, 0.15) is 0 Å². The first-order chi connectivity index (χ1) is 3.79. The fraction of sp³-hybridized carbons (Fsp3) is 1.00. The highest BCUT2D eigenvalue weighted by Crippen LogP contribution is 2.05. The normalized spacial score (nSPS) is 39.8. The maximum atomic E-state index is 5.36. The highest BCUT2D eigenvalue weighted by Gasteiger charge is 2.14. The molecule has 8 heavy (non-hydrogen) atoms. The molecule has 1 aliphatic rings. The van der Waals surface area contributed by atoms with E-state index in [-0.39, 0.29) is 0 Å². The van der Waals surface area contributed by atoms with Crippen LogP contribution in [0.3, 0.4) is 0 Å². The van der Waals surface area contributed by atoms with Gasteiger partial charge in [0.15, 0.2) is 0 Å². The second-order valence-corrected chi connectivity index (χ2v) is 2.29. The summed E-state index contributed by atoms with van der Waals surface area (Å²) >= 11 is 0. The van der Waals surface area contributed by atoms with Gasteiger partial charge >= 0.3 is 0 Å². The molecule has 0 aromatic carbocycles. The molecule has 1 saturated heterocycles. The monoisotopic (exact) mass is 116 g/mol. The Kier molecular flexibility index (Phi) is 1.86. The van der Waals surface area contributed by atoms with Crippen molar-refractivity contribution in [2.24, 2.45) is 0 Å². The summed E-state index contributed by atoms with van der Waals surface area (Å²) in [6.45, 7) is 5.56. The third kappa shape index (κ3) is 1.46. The summed E-state index contributed by atoms with van der Waals surface area (Å²) in [5.74, 6) is 0. The van der Waals surface area contributed by atoms with Gasteiger partial charge in [0.2, 0.25) is 0 Å². The molecule has 0 N–H and O–H groups in total.